The fourth-order valence-corrected chi connectivity index (χ4v) is 1.84. The maximum absolute atomic E-state index is 11.9. The molecule has 0 bridgehead atoms. The molecule has 0 amide bonds. The van der Waals surface area contributed by atoms with Crippen molar-refractivity contribution in [2.45, 2.75) is 33.1 Å². The molecule has 0 aromatic carbocycles. The molecule has 2 heteroatoms. The SMILES string of the molecule is Cc1cnc(C(=O)C2CCC2)c(C)c1. The lowest BCUT2D eigenvalue weighted by Crippen LogP contribution is -2.23. The number of ketones is 1. The molecule has 1 saturated carbocycles. The summed E-state index contributed by atoms with van der Waals surface area (Å²) in [6.45, 7) is 3.96. The minimum atomic E-state index is 0.244. The summed E-state index contributed by atoms with van der Waals surface area (Å²) in [6.07, 6.45) is 5.07. The van der Waals surface area contributed by atoms with Gasteiger partial charge in [0.05, 0.1) is 0 Å². The molecule has 1 fully saturated rings. The molecule has 2 rings (SSSR count). The fourth-order valence-electron chi connectivity index (χ4n) is 1.84. The first-order valence-electron chi connectivity index (χ1n) is 5.16. The first-order valence-corrected chi connectivity index (χ1v) is 5.16. The van der Waals surface area contributed by atoms with Crippen LogP contribution in [-0.2, 0) is 0 Å². The minimum Gasteiger partial charge on any atom is -0.292 e. The number of carbonyl (C=O) groups excluding carboxylic acids is 1. The molecule has 1 aromatic heterocycles. The van der Waals surface area contributed by atoms with E-state index in [-0.39, 0.29) is 11.7 Å². The highest BCUT2D eigenvalue weighted by molar-refractivity contribution is 5.97. The number of pyridine rings is 1. The van der Waals surface area contributed by atoms with Crippen molar-refractivity contribution in [3.05, 3.63) is 29.1 Å². The topological polar surface area (TPSA) is 30.0 Å². The second-order valence-electron chi connectivity index (χ2n) is 4.17. The maximum atomic E-state index is 11.9. The third-order valence-corrected chi connectivity index (χ3v) is 2.92. The fraction of sp³-hybridized carbons (Fsp3) is 0.500. The van der Waals surface area contributed by atoms with Gasteiger partial charge in [-0.3, -0.25) is 9.78 Å². The summed E-state index contributed by atoms with van der Waals surface area (Å²) in [5, 5.41) is 0. The smallest absolute Gasteiger partial charge is 0.184 e. The van der Waals surface area contributed by atoms with Crippen LogP contribution in [0, 0.1) is 19.8 Å². The van der Waals surface area contributed by atoms with Crippen molar-refractivity contribution >= 4 is 5.78 Å². The Morgan fingerprint density at radius 2 is 2.14 bits per heavy atom. The van der Waals surface area contributed by atoms with Crippen LogP contribution >= 0.6 is 0 Å². The van der Waals surface area contributed by atoms with Crippen LogP contribution in [0.3, 0.4) is 0 Å². The molecule has 2 nitrogen and oxygen atoms in total. The summed E-state index contributed by atoms with van der Waals surface area (Å²) < 4.78 is 0. The number of hydrogen-bond acceptors (Lipinski definition) is 2. The molecule has 1 aliphatic rings. The summed E-state index contributed by atoms with van der Waals surface area (Å²) in [5.41, 5.74) is 2.81. The highest BCUT2D eigenvalue weighted by Gasteiger charge is 2.27. The zero-order valence-electron chi connectivity index (χ0n) is 8.71. The monoisotopic (exact) mass is 189 g/mol. The van der Waals surface area contributed by atoms with Crippen molar-refractivity contribution in [3.8, 4) is 0 Å². The van der Waals surface area contributed by atoms with Crippen LogP contribution in [0.15, 0.2) is 12.3 Å². The number of aryl methyl sites for hydroxylation is 2. The first-order chi connectivity index (χ1) is 6.68. The molecule has 1 heterocycles. The zero-order valence-corrected chi connectivity index (χ0v) is 8.71. The number of hydrogen-bond donors (Lipinski definition) is 0. The molecule has 0 N–H and O–H groups in total. The van der Waals surface area contributed by atoms with Crippen LogP contribution in [0.5, 0.6) is 0 Å². The largest absolute Gasteiger partial charge is 0.292 e. The van der Waals surface area contributed by atoms with Crippen LogP contribution < -0.4 is 0 Å². The van der Waals surface area contributed by atoms with E-state index < -0.39 is 0 Å². The number of rotatable bonds is 2. The molecule has 0 aliphatic heterocycles. The van der Waals surface area contributed by atoms with Crippen molar-refractivity contribution in [1.82, 2.24) is 4.98 Å². The van der Waals surface area contributed by atoms with Gasteiger partial charge in [0, 0.05) is 12.1 Å². The van der Waals surface area contributed by atoms with Gasteiger partial charge in [-0.25, -0.2) is 0 Å². The Hall–Kier alpha value is -1.18. The predicted molar refractivity (Wildman–Crippen MR) is 55.4 cm³/mol. The molecule has 1 aliphatic carbocycles. The normalized spacial score (nSPS) is 16.4. The third kappa shape index (κ3) is 1.57. The Bertz CT molecular complexity index is 367. The maximum Gasteiger partial charge on any atom is 0.184 e. The van der Waals surface area contributed by atoms with Gasteiger partial charge in [-0.2, -0.15) is 0 Å². The van der Waals surface area contributed by atoms with Gasteiger partial charge in [-0.05, 0) is 37.8 Å². The summed E-state index contributed by atoms with van der Waals surface area (Å²) >= 11 is 0. The average Bonchev–Trinajstić information content (AvgIpc) is 2.00. The highest BCUT2D eigenvalue weighted by Crippen LogP contribution is 2.30. The van der Waals surface area contributed by atoms with Gasteiger partial charge in [-0.1, -0.05) is 12.5 Å². The number of carbonyl (C=O) groups is 1. The van der Waals surface area contributed by atoms with Gasteiger partial charge >= 0.3 is 0 Å². The molecule has 0 spiro atoms. The van der Waals surface area contributed by atoms with Crippen LogP contribution in [-0.4, -0.2) is 10.8 Å². The van der Waals surface area contributed by atoms with Crippen molar-refractivity contribution in [2.24, 2.45) is 5.92 Å². The van der Waals surface area contributed by atoms with Gasteiger partial charge in [0.15, 0.2) is 5.78 Å². The third-order valence-electron chi connectivity index (χ3n) is 2.92. The molecular weight excluding hydrogens is 174 g/mol. The minimum absolute atomic E-state index is 0.244. The number of aromatic nitrogens is 1. The molecular formula is C12H15NO. The van der Waals surface area contributed by atoms with Gasteiger partial charge in [0.2, 0.25) is 0 Å². The van der Waals surface area contributed by atoms with E-state index in [0.29, 0.717) is 5.69 Å². The van der Waals surface area contributed by atoms with Gasteiger partial charge in [0.25, 0.3) is 0 Å². The lowest BCUT2D eigenvalue weighted by atomic mass is 9.80. The number of Topliss-reactive ketones (excluding diaryl/α,β-unsaturated/α-hetero) is 1. The highest BCUT2D eigenvalue weighted by atomic mass is 16.1. The Labute approximate surface area is 84.4 Å². The average molecular weight is 189 g/mol. The molecule has 0 radical (unpaired) electrons. The van der Waals surface area contributed by atoms with E-state index in [9.17, 15) is 4.79 Å². The Kier molecular flexibility index (Phi) is 2.36. The van der Waals surface area contributed by atoms with E-state index in [4.69, 9.17) is 0 Å². The van der Waals surface area contributed by atoms with Gasteiger partial charge in [-0.15, -0.1) is 0 Å². The zero-order chi connectivity index (χ0) is 10.1. The Morgan fingerprint density at radius 1 is 1.43 bits per heavy atom. The van der Waals surface area contributed by atoms with Crippen LogP contribution in [0.25, 0.3) is 0 Å². The Balaban J connectivity index is 2.26. The number of nitrogens with zero attached hydrogens (tertiary/aromatic N) is 1. The molecule has 14 heavy (non-hydrogen) atoms. The van der Waals surface area contributed by atoms with E-state index in [2.05, 4.69) is 4.98 Å². The standard InChI is InChI=1S/C12H15NO/c1-8-6-9(2)11(13-7-8)12(14)10-4-3-5-10/h6-7,10H,3-5H2,1-2H3. The summed E-state index contributed by atoms with van der Waals surface area (Å²) in [7, 11) is 0. The Morgan fingerprint density at radius 3 is 2.64 bits per heavy atom. The second-order valence-corrected chi connectivity index (χ2v) is 4.17. The summed E-state index contributed by atoms with van der Waals surface area (Å²) in [4.78, 5) is 16.1. The second kappa shape index (κ2) is 3.52. The molecule has 0 atom stereocenters. The lowest BCUT2D eigenvalue weighted by Gasteiger charge is -2.23. The first kappa shape index (κ1) is 9.38. The van der Waals surface area contributed by atoms with E-state index in [1.807, 2.05) is 19.9 Å². The molecule has 0 unspecified atom stereocenters. The van der Waals surface area contributed by atoms with Crippen molar-refractivity contribution in [3.63, 3.8) is 0 Å². The molecule has 0 saturated heterocycles. The molecule has 74 valence electrons. The lowest BCUT2D eigenvalue weighted by molar-refractivity contribution is 0.0849. The van der Waals surface area contributed by atoms with Gasteiger partial charge < -0.3 is 0 Å². The van der Waals surface area contributed by atoms with Crippen molar-refractivity contribution < 1.29 is 4.79 Å². The van der Waals surface area contributed by atoms with Crippen molar-refractivity contribution in [2.75, 3.05) is 0 Å². The summed E-state index contributed by atoms with van der Waals surface area (Å²) in [5.74, 6) is 0.498. The van der Waals surface area contributed by atoms with E-state index in [1.165, 1.54) is 6.42 Å². The molecule has 1 aromatic rings. The van der Waals surface area contributed by atoms with Crippen LogP contribution in [0.2, 0.25) is 0 Å². The predicted octanol–water partition coefficient (Wildman–Crippen LogP) is 2.68. The van der Waals surface area contributed by atoms with Crippen LogP contribution in [0.4, 0.5) is 0 Å². The van der Waals surface area contributed by atoms with Gasteiger partial charge in [0.1, 0.15) is 5.69 Å². The quantitative estimate of drug-likeness (QED) is 0.669. The van der Waals surface area contributed by atoms with Crippen LogP contribution in [0.1, 0.15) is 40.9 Å². The van der Waals surface area contributed by atoms with Crippen molar-refractivity contribution in [1.29, 1.82) is 0 Å². The van der Waals surface area contributed by atoms with E-state index in [0.717, 1.165) is 24.0 Å². The summed E-state index contributed by atoms with van der Waals surface area (Å²) in [6, 6.07) is 2.03. The van der Waals surface area contributed by atoms with E-state index in [1.54, 1.807) is 6.20 Å². The van der Waals surface area contributed by atoms with E-state index >= 15 is 0 Å².